The molecule has 0 unspecified atom stereocenters. The maximum absolute atomic E-state index is 11.7. The summed E-state index contributed by atoms with van der Waals surface area (Å²) >= 11 is 0. The molecule has 2 rings (SSSR count). The van der Waals surface area contributed by atoms with Gasteiger partial charge in [0.2, 0.25) is 0 Å². The van der Waals surface area contributed by atoms with Gasteiger partial charge in [-0.05, 0) is 57.7 Å². The fraction of sp³-hybridized carbons (Fsp3) is 0.556. The molecule has 2 N–H and O–H groups in total. The molecule has 1 heterocycles. The molecule has 1 aromatic carbocycles. The molecule has 0 radical (unpaired) electrons. The summed E-state index contributed by atoms with van der Waals surface area (Å²) in [5.41, 5.74) is 2.02. The third-order valence-electron chi connectivity index (χ3n) is 3.80. The van der Waals surface area contributed by atoms with Crippen LogP contribution < -0.4 is 15.5 Å². The van der Waals surface area contributed by atoms with E-state index in [4.69, 9.17) is 0 Å². The minimum Gasteiger partial charge on any atom is -0.372 e. The van der Waals surface area contributed by atoms with Gasteiger partial charge in [0.1, 0.15) is 0 Å². The number of nitrogens with zero attached hydrogens (tertiary/aromatic N) is 1. The van der Waals surface area contributed by atoms with Gasteiger partial charge in [0.05, 0.1) is 0 Å². The lowest BCUT2D eigenvalue weighted by molar-refractivity contribution is -0.140. The van der Waals surface area contributed by atoms with E-state index in [0.29, 0.717) is 6.54 Å². The monoisotopic (exact) mass is 317 g/mol. The first kappa shape index (κ1) is 17.3. The van der Waals surface area contributed by atoms with Crippen molar-refractivity contribution in [1.82, 2.24) is 10.6 Å². The topological polar surface area (TPSA) is 61.4 Å². The van der Waals surface area contributed by atoms with Crippen molar-refractivity contribution < 1.29 is 9.59 Å². The fourth-order valence-electron chi connectivity index (χ4n) is 2.65. The number of benzene rings is 1. The molecule has 0 spiro atoms. The van der Waals surface area contributed by atoms with Gasteiger partial charge in [-0.15, -0.1) is 0 Å². The number of carbonyl (C=O) groups is 2. The van der Waals surface area contributed by atoms with Gasteiger partial charge in [-0.1, -0.05) is 12.1 Å². The summed E-state index contributed by atoms with van der Waals surface area (Å²) in [6, 6.07) is 8.45. The highest BCUT2D eigenvalue weighted by atomic mass is 16.2. The minimum absolute atomic E-state index is 0.403. The van der Waals surface area contributed by atoms with Gasteiger partial charge in [-0.2, -0.15) is 0 Å². The average Bonchev–Trinajstić information content (AvgIpc) is 3.00. The Bertz CT molecular complexity index is 540. The van der Waals surface area contributed by atoms with Crippen molar-refractivity contribution in [1.29, 1.82) is 0 Å². The van der Waals surface area contributed by atoms with Gasteiger partial charge in [0, 0.05) is 30.9 Å². The summed E-state index contributed by atoms with van der Waals surface area (Å²) in [5.74, 6) is -1.16. The number of nitrogens with one attached hydrogen (secondary N) is 2. The average molecular weight is 317 g/mol. The highest BCUT2D eigenvalue weighted by molar-refractivity contribution is 6.35. The van der Waals surface area contributed by atoms with E-state index < -0.39 is 17.4 Å². The lowest BCUT2D eigenvalue weighted by Gasteiger charge is -2.20. The van der Waals surface area contributed by atoms with E-state index in [9.17, 15) is 9.59 Å². The van der Waals surface area contributed by atoms with Crippen molar-refractivity contribution in [2.75, 3.05) is 24.5 Å². The number of rotatable bonds is 4. The number of carbonyl (C=O) groups excluding carboxylic acids is 2. The van der Waals surface area contributed by atoms with Crippen LogP contribution in [0.15, 0.2) is 24.3 Å². The standard InChI is InChI=1S/C18H27N3O2/c1-18(2,3)20-17(23)16(22)19-11-10-14-6-8-15(9-7-14)21-12-4-5-13-21/h6-9H,4-5,10-13H2,1-3H3,(H,19,22)(H,20,23). The number of hydrogen-bond acceptors (Lipinski definition) is 3. The molecule has 1 saturated heterocycles. The van der Waals surface area contributed by atoms with Crippen LogP contribution in [0, 0.1) is 0 Å². The quantitative estimate of drug-likeness (QED) is 0.833. The van der Waals surface area contributed by atoms with Crippen molar-refractivity contribution >= 4 is 17.5 Å². The van der Waals surface area contributed by atoms with Gasteiger partial charge in [-0.3, -0.25) is 9.59 Å². The number of hydrogen-bond donors (Lipinski definition) is 2. The van der Waals surface area contributed by atoms with Crippen molar-refractivity contribution in [2.45, 2.75) is 45.6 Å². The third kappa shape index (κ3) is 5.58. The van der Waals surface area contributed by atoms with E-state index in [1.165, 1.54) is 18.5 Å². The van der Waals surface area contributed by atoms with E-state index in [1.807, 2.05) is 20.8 Å². The van der Waals surface area contributed by atoms with Gasteiger partial charge in [0.25, 0.3) is 0 Å². The Kier molecular flexibility index (Phi) is 5.64. The normalized spacial score (nSPS) is 14.7. The zero-order chi connectivity index (χ0) is 16.9. The van der Waals surface area contributed by atoms with Crippen LogP contribution in [0.5, 0.6) is 0 Å². The summed E-state index contributed by atoms with van der Waals surface area (Å²) < 4.78 is 0. The number of amides is 2. The molecule has 1 aliphatic heterocycles. The van der Waals surface area contributed by atoms with Crippen LogP contribution in [0.1, 0.15) is 39.2 Å². The predicted molar refractivity (Wildman–Crippen MR) is 92.5 cm³/mol. The molecule has 1 aliphatic rings. The Labute approximate surface area is 138 Å². The van der Waals surface area contributed by atoms with Crippen LogP contribution in [0.25, 0.3) is 0 Å². The number of anilines is 1. The van der Waals surface area contributed by atoms with Crippen molar-refractivity contribution in [3.63, 3.8) is 0 Å². The van der Waals surface area contributed by atoms with Crippen molar-refractivity contribution in [3.05, 3.63) is 29.8 Å². The summed E-state index contributed by atoms with van der Waals surface area (Å²) in [6.07, 6.45) is 3.25. The molecule has 126 valence electrons. The molecular weight excluding hydrogens is 290 g/mol. The first-order valence-corrected chi connectivity index (χ1v) is 8.29. The van der Waals surface area contributed by atoms with E-state index >= 15 is 0 Å². The third-order valence-corrected chi connectivity index (χ3v) is 3.80. The molecule has 1 fully saturated rings. The Morgan fingerprint density at radius 2 is 1.65 bits per heavy atom. The highest BCUT2D eigenvalue weighted by Gasteiger charge is 2.19. The van der Waals surface area contributed by atoms with Crippen LogP contribution in [-0.4, -0.2) is 37.0 Å². The van der Waals surface area contributed by atoms with Crippen LogP contribution in [0.3, 0.4) is 0 Å². The van der Waals surface area contributed by atoms with Gasteiger partial charge in [0.15, 0.2) is 0 Å². The Balaban J connectivity index is 1.75. The minimum atomic E-state index is -0.582. The molecule has 5 heteroatoms. The first-order valence-electron chi connectivity index (χ1n) is 8.29. The fourth-order valence-corrected chi connectivity index (χ4v) is 2.65. The van der Waals surface area contributed by atoms with E-state index in [1.54, 1.807) is 0 Å². The van der Waals surface area contributed by atoms with Crippen LogP contribution >= 0.6 is 0 Å². The maximum atomic E-state index is 11.7. The zero-order valence-electron chi connectivity index (χ0n) is 14.3. The van der Waals surface area contributed by atoms with E-state index in [2.05, 4.69) is 39.8 Å². The highest BCUT2D eigenvalue weighted by Crippen LogP contribution is 2.20. The molecule has 1 aromatic rings. The summed E-state index contributed by atoms with van der Waals surface area (Å²) in [5, 5.41) is 5.31. The lowest BCUT2D eigenvalue weighted by Crippen LogP contribution is -2.48. The maximum Gasteiger partial charge on any atom is 0.309 e. The predicted octanol–water partition coefficient (Wildman–Crippen LogP) is 1.86. The molecule has 0 aromatic heterocycles. The Hall–Kier alpha value is -2.04. The summed E-state index contributed by atoms with van der Waals surface area (Å²) in [7, 11) is 0. The second-order valence-electron chi connectivity index (χ2n) is 7.07. The second kappa shape index (κ2) is 7.49. The first-order chi connectivity index (χ1) is 10.8. The van der Waals surface area contributed by atoms with Crippen LogP contribution in [0.4, 0.5) is 5.69 Å². The second-order valence-corrected chi connectivity index (χ2v) is 7.07. The molecule has 0 aliphatic carbocycles. The SMILES string of the molecule is CC(C)(C)NC(=O)C(=O)NCCc1ccc(N2CCCC2)cc1. The Morgan fingerprint density at radius 1 is 1.04 bits per heavy atom. The molecule has 5 nitrogen and oxygen atoms in total. The van der Waals surface area contributed by atoms with E-state index in [0.717, 1.165) is 25.1 Å². The van der Waals surface area contributed by atoms with Gasteiger partial charge in [-0.25, -0.2) is 0 Å². The molecular formula is C18H27N3O2. The van der Waals surface area contributed by atoms with Gasteiger partial charge < -0.3 is 15.5 Å². The van der Waals surface area contributed by atoms with Crippen molar-refractivity contribution in [2.24, 2.45) is 0 Å². The van der Waals surface area contributed by atoms with Crippen LogP contribution in [0.2, 0.25) is 0 Å². The largest absolute Gasteiger partial charge is 0.372 e. The lowest BCUT2D eigenvalue weighted by atomic mass is 10.1. The molecule has 2 amide bonds. The molecule has 0 atom stereocenters. The molecule has 23 heavy (non-hydrogen) atoms. The summed E-state index contributed by atoms with van der Waals surface area (Å²) in [4.78, 5) is 25.8. The smallest absolute Gasteiger partial charge is 0.309 e. The molecule has 0 bridgehead atoms. The van der Waals surface area contributed by atoms with E-state index in [-0.39, 0.29) is 0 Å². The van der Waals surface area contributed by atoms with Crippen molar-refractivity contribution in [3.8, 4) is 0 Å². The summed E-state index contributed by atoms with van der Waals surface area (Å²) in [6.45, 7) is 8.27. The zero-order valence-corrected chi connectivity index (χ0v) is 14.3. The molecule has 0 saturated carbocycles. The van der Waals surface area contributed by atoms with Gasteiger partial charge >= 0.3 is 11.8 Å². The Morgan fingerprint density at radius 3 is 2.22 bits per heavy atom. The van der Waals surface area contributed by atoms with Crippen LogP contribution in [-0.2, 0) is 16.0 Å².